The summed E-state index contributed by atoms with van der Waals surface area (Å²) in [5, 5.41) is 0. The van der Waals surface area contributed by atoms with Crippen LogP contribution >= 0.6 is 11.3 Å². The van der Waals surface area contributed by atoms with E-state index >= 15 is 0 Å². The van der Waals surface area contributed by atoms with Gasteiger partial charge in [0.05, 0.1) is 11.2 Å². The molecule has 1 aromatic rings. The summed E-state index contributed by atoms with van der Waals surface area (Å²) in [6.45, 7) is 3.98. The van der Waals surface area contributed by atoms with Gasteiger partial charge in [-0.25, -0.2) is 4.98 Å². The molecule has 0 aliphatic heterocycles. The average molecular weight is 305 g/mol. The van der Waals surface area contributed by atoms with Gasteiger partial charge in [0.2, 0.25) is 0 Å². The molecule has 0 radical (unpaired) electrons. The van der Waals surface area contributed by atoms with Crippen molar-refractivity contribution in [1.82, 2.24) is 9.88 Å². The third-order valence-corrected chi connectivity index (χ3v) is 7.74. The van der Waals surface area contributed by atoms with Gasteiger partial charge in [0.1, 0.15) is 0 Å². The van der Waals surface area contributed by atoms with E-state index in [0.717, 1.165) is 36.8 Å². The second kappa shape index (κ2) is 5.04. The van der Waals surface area contributed by atoms with E-state index in [1.807, 2.05) is 5.51 Å². The zero-order valence-electron chi connectivity index (χ0n) is 13.2. The number of nitrogens with zero attached hydrogens (tertiary/aromatic N) is 2. The van der Waals surface area contributed by atoms with Crippen LogP contribution < -0.4 is 5.73 Å². The Morgan fingerprint density at radius 2 is 1.86 bits per heavy atom. The quantitative estimate of drug-likeness (QED) is 0.929. The van der Waals surface area contributed by atoms with Gasteiger partial charge in [-0.1, -0.05) is 0 Å². The van der Waals surface area contributed by atoms with Gasteiger partial charge in [-0.2, -0.15) is 0 Å². The van der Waals surface area contributed by atoms with Crippen molar-refractivity contribution in [3.8, 4) is 0 Å². The van der Waals surface area contributed by atoms with Crippen LogP contribution in [0, 0.1) is 30.6 Å². The smallest absolute Gasteiger partial charge is 0.0798 e. The maximum Gasteiger partial charge on any atom is 0.0798 e. The molecule has 0 saturated heterocycles. The maximum absolute atomic E-state index is 6.40. The molecule has 3 nitrogen and oxygen atoms in total. The van der Waals surface area contributed by atoms with Crippen LogP contribution in [0.15, 0.2) is 5.51 Å². The number of aryl methyl sites for hydroxylation is 1. The third kappa shape index (κ3) is 2.02. The lowest BCUT2D eigenvalue weighted by molar-refractivity contribution is -0.125. The Balaban J connectivity index is 1.62. The Labute approximate surface area is 131 Å². The van der Waals surface area contributed by atoms with E-state index < -0.39 is 0 Å². The predicted molar refractivity (Wildman–Crippen MR) is 87.1 cm³/mol. The molecule has 4 bridgehead atoms. The molecule has 2 N–H and O–H groups in total. The number of rotatable bonds is 4. The summed E-state index contributed by atoms with van der Waals surface area (Å²) in [7, 11) is 2.31. The molecule has 1 heterocycles. The molecule has 4 aliphatic carbocycles. The lowest BCUT2D eigenvalue weighted by Gasteiger charge is -2.64. The van der Waals surface area contributed by atoms with Gasteiger partial charge in [-0.3, -0.25) is 4.90 Å². The number of hydrogen-bond donors (Lipinski definition) is 1. The van der Waals surface area contributed by atoms with E-state index in [4.69, 9.17) is 5.73 Å². The minimum Gasteiger partial charge on any atom is -0.329 e. The monoisotopic (exact) mass is 305 g/mol. The van der Waals surface area contributed by atoms with Crippen molar-refractivity contribution in [1.29, 1.82) is 0 Å². The zero-order chi connectivity index (χ0) is 14.6. The number of aromatic nitrogens is 1. The third-order valence-electron chi connectivity index (χ3n) is 6.82. The Bertz CT molecular complexity index is 496. The van der Waals surface area contributed by atoms with Crippen molar-refractivity contribution >= 4 is 11.3 Å². The Morgan fingerprint density at radius 1 is 1.24 bits per heavy atom. The van der Waals surface area contributed by atoms with Crippen molar-refractivity contribution in [3.63, 3.8) is 0 Å². The topological polar surface area (TPSA) is 42.2 Å². The van der Waals surface area contributed by atoms with Crippen molar-refractivity contribution in [2.24, 2.45) is 29.4 Å². The molecule has 116 valence electrons. The first-order chi connectivity index (χ1) is 10.1. The summed E-state index contributed by atoms with van der Waals surface area (Å²) in [6.07, 6.45) is 7.21. The zero-order valence-corrected chi connectivity index (χ0v) is 14.0. The van der Waals surface area contributed by atoms with Crippen LogP contribution in [0.3, 0.4) is 0 Å². The molecule has 1 aromatic heterocycles. The largest absolute Gasteiger partial charge is 0.329 e. The highest BCUT2D eigenvalue weighted by atomic mass is 32.1. The first-order valence-corrected chi connectivity index (χ1v) is 9.31. The fourth-order valence-corrected chi connectivity index (χ4v) is 6.78. The molecule has 0 amide bonds. The van der Waals surface area contributed by atoms with Crippen LogP contribution in [0.25, 0.3) is 0 Å². The highest BCUT2D eigenvalue weighted by Gasteiger charge is 2.58. The van der Waals surface area contributed by atoms with E-state index in [0.29, 0.717) is 0 Å². The summed E-state index contributed by atoms with van der Waals surface area (Å²) in [5.74, 6) is 3.67. The van der Waals surface area contributed by atoms with Gasteiger partial charge < -0.3 is 5.73 Å². The highest BCUT2D eigenvalue weighted by Crippen LogP contribution is 2.59. The molecule has 21 heavy (non-hydrogen) atoms. The average Bonchev–Trinajstić information content (AvgIpc) is 2.84. The van der Waals surface area contributed by atoms with Crippen molar-refractivity contribution in [2.75, 3.05) is 13.6 Å². The summed E-state index contributed by atoms with van der Waals surface area (Å²) < 4.78 is 0. The molecular formula is C17H27N3S. The van der Waals surface area contributed by atoms with Crippen LogP contribution in [-0.2, 0) is 6.54 Å². The molecule has 4 saturated carbocycles. The van der Waals surface area contributed by atoms with Crippen LogP contribution in [0.1, 0.15) is 42.7 Å². The normalized spacial score (nSPS) is 41.1. The van der Waals surface area contributed by atoms with E-state index in [9.17, 15) is 0 Å². The molecular weight excluding hydrogens is 278 g/mol. The number of likely N-dealkylation sites (N-methyl/N-ethyl adjacent to an activating group) is 1. The molecule has 4 fully saturated rings. The second-order valence-corrected chi connectivity index (χ2v) is 8.66. The fourth-order valence-electron chi connectivity index (χ4n) is 5.95. The number of nitrogens with two attached hydrogens (primary N) is 1. The first kappa shape index (κ1) is 14.2. The molecule has 0 atom stereocenters. The van der Waals surface area contributed by atoms with Gasteiger partial charge >= 0.3 is 0 Å². The highest BCUT2D eigenvalue weighted by molar-refractivity contribution is 7.09. The summed E-state index contributed by atoms with van der Waals surface area (Å²) in [6, 6.07) is 0. The van der Waals surface area contributed by atoms with Gasteiger partial charge in [-0.15, -0.1) is 11.3 Å². The van der Waals surface area contributed by atoms with E-state index in [1.54, 1.807) is 11.3 Å². The van der Waals surface area contributed by atoms with Crippen molar-refractivity contribution in [3.05, 3.63) is 16.1 Å². The predicted octanol–water partition coefficient (Wildman–Crippen LogP) is 3.04. The van der Waals surface area contributed by atoms with Crippen molar-refractivity contribution in [2.45, 2.75) is 51.1 Å². The van der Waals surface area contributed by atoms with E-state index in [-0.39, 0.29) is 5.54 Å². The first-order valence-electron chi connectivity index (χ1n) is 8.43. The van der Waals surface area contributed by atoms with Crippen LogP contribution in [-0.4, -0.2) is 29.0 Å². The molecule has 0 spiro atoms. The van der Waals surface area contributed by atoms with Crippen LogP contribution in [0.5, 0.6) is 0 Å². The van der Waals surface area contributed by atoms with Gasteiger partial charge in [0.25, 0.3) is 0 Å². The molecule has 4 heteroatoms. The number of thiazole rings is 1. The Hall–Kier alpha value is -0.450. The summed E-state index contributed by atoms with van der Waals surface area (Å²) >= 11 is 1.79. The van der Waals surface area contributed by atoms with Gasteiger partial charge in [-0.05, 0) is 69.7 Å². The summed E-state index contributed by atoms with van der Waals surface area (Å²) in [5.41, 5.74) is 9.83. The minimum atomic E-state index is 0.254. The Kier molecular flexibility index (Phi) is 3.40. The Morgan fingerprint density at radius 3 is 2.33 bits per heavy atom. The van der Waals surface area contributed by atoms with Crippen LogP contribution in [0.2, 0.25) is 0 Å². The fraction of sp³-hybridized carbons (Fsp3) is 0.824. The minimum absolute atomic E-state index is 0.254. The molecule has 0 aromatic carbocycles. The maximum atomic E-state index is 6.40. The second-order valence-electron chi connectivity index (χ2n) is 7.72. The van der Waals surface area contributed by atoms with Crippen molar-refractivity contribution < 1.29 is 0 Å². The molecule has 5 rings (SSSR count). The van der Waals surface area contributed by atoms with Gasteiger partial charge in [0, 0.05) is 23.5 Å². The number of hydrogen-bond acceptors (Lipinski definition) is 4. The SMILES string of the molecule is Cc1ncsc1CN(C)C1(CN)C2CC3CC(C2)CC1C3. The lowest BCUT2D eigenvalue weighted by Crippen LogP contribution is -2.68. The van der Waals surface area contributed by atoms with E-state index in [1.165, 1.54) is 42.7 Å². The lowest BCUT2D eigenvalue weighted by atomic mass is 9.48. The molecule has 0 unspecified atom stereocenters. The molecule has 4 aliphatic rings. The van der Waals surface area contributed by atoms with E-state index in [2.05, 4.69) is 23.9 Å². The van der Waals surface area contributed by atoms with Gasteiger partial charge in [0.15, 0.2) is 0 Å². The van der Waals surface area contributed by atoms with Crippen LogP contribution in [0.4, 0.5) is 0 Å². The summed E-state index contributed by atoms with van der Waals surface area (Å²) in [4.78, 5) is 8.44. The standard InChI is InChI=1S/C17H27N3S/c1-11-16(21-10-19-11)8-20(2)17(9-18)14-4-12-3-13(6-14)7-15(17)5-12/h10,12-15H,3-9,18H2,1-2H3.